The molecule has 6 heteroatoms. The molecule has 1 atom stereocenters. The number of benzene rings is 2. The molecule has 2 aromatic rings. The number of hydrogen-bond acceptors (Lipinski definition) is 3. The van der Waals surface area contributed by atoms with E-state index >= 15 is 0 Å². The third kappa shape index (κ3) is 6.25. The summed E-state index contributed by atoms with van der Waals surface area (Å²) in [6.07, 6.45) is 9.22. The lowest BCUT2D eigenvalue weighted by Gasteiger charge is -2.16. The van der Waals surface area contributed by atoms with Crippen LogP contribution in [0.1, 0.15) is 55.6 Å². The largest absolute Gasteiger partial charge is 0.480 e. The summed E-state index contributed by atoms with van der Waals surface area (Å²) in [4.78, 5) is 23.9. The summed E-state index contributed by atoms with van der Waals surface area (Å²) in [6, 6.07) is 15.2. The summed E-state index contributed by atoms with van der Waals surface area (Å²) in [7, 11) is 5.48. The number of ether oxygens (including phenoxy) is 1. The van der Waals surface area contributed by atoms with E-state index in [1.54, 1.807) is 0 Å². The Hall–Kier alpha value is -3.02. The van der Waals surface area contributed by atoms with Gasteiger partial charge < -0.3 is 15.2 Å². The maximum atomic E-state index is 12.3. The van der Waals surface area contributed by atoms with E-state index < -0.39 is 18.1 Å². The lowest BCUT2D eigenvalue weighted by molar-refractivity contribution is -0.139. The van der Waals surface area contributed by atoms with Crippen LogP contribution in [0.3, 0.4) is 0 Å². The third-order valence-electron chi connectivity index (χ3n) is 5.80. The van der Waals surface area contributed by atoms with E-state index in [2.05, 4.69) is 17.4 Å². The second-order valence-corrected chi connectivity index (χ2v) is 8.06. The minimum absolute atomic E-state index is 0.0596. The highest BCUT2D eigenvalue weighted by molar-refractivity contribution is 6.08. The molecule has 0 fully saturated rings. The van der Waals surface area contributed by atoms with Crippen molar-refractivity contribution in [1.29, 1.82) is 0 Å². The van der Waals surface area contributed by atoms with Gasteiger partial charge in [-0.2, -0.15) is 0 Å². The maximum absolute atomic E-state index is 12.3. The molecule has 1 aliphatic rings. The van der Waals surface area contributed by atoms with Gasteiger partial charge in [0.05, 0.1) is 7.85 Å². The van der Waals surface area contributed by atoms with E-state index in [1.807, 2.05) is 48.6 Å². The molecule has 1 amide bonds. The Morgan fingerprint density at radius 3 is 2.22 bits per heavy atom. The molecule has 3 rings (SSSR count). The molecule has 0 saturated carbocycles. The van der Waals surface area contributed by atoms with Crippen molar-refractivity contribution < 1.29 is 19.4 Å². The highest BCUT2D eigenvalue weighted by Gasteiger charge is 2.29. The van der Waals surface area contributed by atoms with E-state index in [1.165, 1.54) is 0 Å². The molecular formula is C26H30BNO4. The Morgan fingerprint density at radius 1 is 0.969 bits per heavy atom. The molecular weight excluding hydrogens is 401 g/mol. The molecule has 0 bridgehead atoms. The molecule has 2 radical (unpaired) electrons. The van der Waals surface area contributed by atoms with Crippen molar-refractivity contribution >= 4 is 19.9 Å². The number of carboxylic acid groups (broad SMARTS) is 1. The lowest BCUT2D eigenvalue weighted by Crippen LogP contribution is -2.41. The van der Waals surface area contributed by atoms with Gasteiger partial charge in [-0.1, -0.05) is 86.3 Å². The first-order valence-electron chi connectivity index (χ1n) is 11.3. The fraction of sp³-hybridized carbons (Fsp3) is 0.385. The first-order valence-corrected chi connectivity index (χ1v) is 11.3. The number of unbranched alkanes of at least 4 members (excludes halogenated alkanes) is 4. The van der Waals surface area contributed by atoms with E-state index in [0.717, 1.165) is 60.7 Å². The van der Waals surface area contributed by atoms with Crippen molar-refractivity contribution in [3.05, 3.63) is 71.8 Å². The summed E-state index contributed by atoms with van der Waals surface area (Å²) in [5.41, 5.74) is 4.53. The van der Waals surface area contributed by atoms with Crippen LogP contribution in [-0.2, 0) is 9.53 Å². The van der Waals surface area contributed by atoms with Crippen molar-refractivity contribution in [2.24, 2.45) is 0 Å². The van der Waals surface area contributed by atoms with Gasteiger partial charge in [0.25, 0.3) is 0 Å². The highest BCUT2D eigenvalue weighted by atomic mass is 16.5. The number of nitrogens with one attached hydrogen (secondary N) is 1. The molecule has 5 nitrogen and oxygen atoms in total. The van der Waals surface area contributed by atoms with Gasteiger partial charge in [0.15, 0.2) is 0 Å². The molecule has 1 aliphatic carbocycles. The van der Waals surface area contributed by atoms with Gasteiger partial charge in [-0.05, 0) is 41.5 Å². The van der Waals surface area contributed by atoms with Crippen LogP contribution in [-0.4, -0.2) is 37.7 Å². The monoisotopic (exact) mass is 431 g/mol. The number of hydrogen-bond donors (Lipinski definition) is 2. The van der Waals surface area contributed by atoms with E-state index in [-0.39, 0.29) is 18.9 Å². The Labute approximate surface area is 191 Å². The van der Waals surface area contributed by atoms with E-state index in [9.17, 15) is 14.7 Å². The van der Waals surface area contributed by atoms with E-state index in [0.29, 0.717) is 0 Å². The smallest absolute Gasteiger partial charge is 0.407 e. The fourth-order valence-electron chi connectivity index (χ4n) is 4.11. The number of amides is 1. The van der Waals surface area contributed by atoms with Crippen LogP contribution in [0.25, 0.3) is 11.1 Å². The number of carbonyl (C=O) groups excluding carboxylic acids is 1. The van der Waals surface area contributed by atoms with Crippen LogP contribution >= 0.6 is 0 Å². The van der Waals surface area contributed by atoms with E-state index in [4.69, 9.17) is 12.6 Å². The molecule has 0 unspecified atom stereocenters. The molecule has 0 heterocycles. The van der Waals surface area contributed by atoms with Gasteiger partial charge in [-0.3, -0.25) is 0 Å². The topological polar surface area (TPSA) is 75.6 Å². The Balaban J connectivity index is 1.49. The normalized spacial score (nSPS) is 13.5. The van der Waals surface area contributed by atoms with Crippen molar-refractivity contribution in [2.75, 3.05) is 6.61 Å². The van der Waals surface area contributed by atoms with Crippen LogP contribution < -0.4 is 5.32 Å². The maximum Gasteiger partial charge on any atom is 0.407 e. The zero-order chi connectivity index (χ0) is 22.8. The van der Waals surface area contributed by atoms with Crippen molar-refractivity contribution in [2.45, 2.75) is 56.8 Å². The van der Waals surface area contributed by atoms with Crippen LogP contribution in [0.15, 0.2) is 60.7 Å². The lowest BCUT2D eigenvalue weighted by atomic mass is 9.98. The van der Waals surface area contributed by atoms with Gasteiger partial charge in [0.1, 0.15) is 12.6 Å². The molecule has 2 N–H and O–H groups in total. The van der Waals surface area contributed by atoms with Crippen LogP contribution in [0, 0.1) is 0 Å². The number of rotatable bonds is 12. The van der Waals surface area contributed by atoms with Crippen LogP contribution in [0.5, 0.6) is 0 Å². The zero-order valence-corrected chi connectivity index (χ0v) is 18.3. The summed E-state index contributed by atoms with van der Waals surface area (Å²) in [6.45, 7) is 0.158. The number of aliphatic carboxylic acids is 1. The Bertz CT molecular complexity index is 897. The first-order chi connectivity index (χ1) is 15.6. The molecule has 0 spiro atoms. The summed E-state index contributed by atoms with van der Waals surface area (Å²) in [5.74, 6) is -1.14. The summed E-state index contributed by atoms with van der Waals surface area (Å²) >= 11 is 0. The standard InChI is InChI=1S/C26H30BNO4/c27-17-11-5-3-1-2-4-6-16-24(25(29)30)28-26(31)32-18-23-21-14-9-7-12-19(21)20-13-8-10-15-22(20)23/h4,6-10,12-15,23-24H,1-3,5,11,16-18H2,(H,28,31)(H,29,30)/b6-4+/t24-/m0/s1. The summed E-state index contributed by atoms with van der Waals surface area (Å²) < 4.78 is 5.46. The average Bonchev–Trinajstić information content (AvgIpc) is 3.12. The molecule has 0 aromatic heterocycles. The minimum atomic E-state index is -1.08. The first kappa shape index (κ1) is 23.6. The van der Waals surface area contributed by atoms with Crippen molar-refractivity contribution in [1.82, 2.24) is 5.32 Å². The summed E-state index contributed by atoms with van der Waals surface area (Å²) in [5, 5.41) is 11.9. The Kier molecular flexibility index (Phi) is 8.96. The minimum Gasteiger partial charge on any atom is -0.480 e. The number of carboxylic acids is 1. The van der Waals surface area contributed by atoms with Gasteiger partial charge in [0.2, 0.25) is 0 Å². The van der Waals surface area contributed by atoms with Crippen molar-refractivity contribution in [3.63, 3.8) is 0 Å². The van der Waals surface area contributed by atoms with Gasteiger partial charge in [0, 0.05) is 5.92 Å². The average molecular weight is 431 g/mol. The van der Waals surface area contributed by atoms with Crippen LogP contribution in [0.2, 0.25) is 6.32 Å². The molecule has 0 saturated heterocycles. The quantitative estimate of drug-likeness (QED) is 0.266. The zero-order valence-electron chi connectivity index (χ0n) is 18.3. The number of allylic oxidation sites excluding steroid dienone is 1. The second kappa shape index (κ2) is 12.1. The number of carbonyl (C=O) groups is 2. The van der Waals surface area contributed by atoms with Crippen LogP contribution in [0.4, 0.5) is 4.79 Å². The molecule has 166 valence electrons. The predicted octanol–water partition coefficient (Wildman–Crippen LogP) is 5.46. The Morgan fingerprint density at radius 2 is 1.59 bits per heavy atom. The highest BCUT2D eigenvalue weighted by Crippen LogP contribution is 2.44. The van der Waals surface area contributed by atoms with Gasteiger partial charge >= 0.3 is 12.1 Å². The van der Waals surface area contributed by atoms with Gasteiger partial charge in [-0.25, -0.2) is 9.59 Å². The molecule has 32 heavy (non-hydrogen) atoms. The predicted molar refractivity (Wildman–Crippen MR) is 127 cm³/mol. The third-order valence-corrected chi connectivity index (χ3v) is 5.80. The fourth-order valence-corrected chi connectivity index (χ4v) is 4.11. The number of fused-ring (bicyclic) bond motifs is 3. The number of alkyl carbamates (subject to hydrolysis) is 1. The second-order valence-electron chi connectivity index (χ2n) is 8.06. The molecule has 2 aromatic carbocycles. The molecule has 0 aliphatic heterocycles. The SMILES string of the molecule is [B]CCCCCC/C=C/C[C@H](NC(=O)OCC1c2ccccc2-c2ccccc21)C(=O)O. The van der Waals surface area contributed by atoms with Gasteiger partial charge in [-0.15, -0.1) is 0 Å². The van der Waals surface area contributed by atoms with Crippen molar-refractivity contribution in [3.8, 4) is 11.1 Å².